The highest BCUT2D eigenvalue weighted by atomic mass is 32.2. The van der Waals surface area contributed by atoms with E-state index in [-0.39, 0.29) is 6.42 Å². The summed E-state index contributed by atoms with van der Waals surface area (Å²) in [6.07, 6.45) is -0.498. The van der Waals surface area contributed by atoms with Gasteiger partial charge < -0.3 is 15.2 Å². The van der Waals surface area contributed by atoms with Crippen LogP contribution in [0.25, 0.3) is 10.6 Å². The van der Waals surface area contributed by atoms with Crippen LogP contribution >= 0.6 is 23.1 Å². The molecule has 9 nitrogen and oxygen atoms in total. The van der Waals surface area contributed by atoms with Crippen molar-refractivity contribution in [2.24, 2.45) is 0 Å². The minimum Gasteiger partial charge on any atom is -0.481 e. The number of nitrogens with zero attached hydrogens (tertiary/aromatic N) is 4. The second-order valence-electron chi connectivity index (χ2n) is 9.78. The van der Waals surface area contributed by atoms with Crippen LogP contribution in [0.3, 0.4) is 0 Å². The Morgan fingerprint density at radius 2 is 2.05 bits per heavy atom. The van der Waals surface area contributed by atoms with Crippen LogP contribution in [0, 0.1) is 11.3 Å². The van der Waals surface area contributed by atoms with Gasteiger partial charge in [-0.1, -0.05) is 42.1 Å². The molecule has 38 heavy (non-hydrogen) atoms. The number of nitriles is 1. The van der Waals surface area contributed by atoms with Crippen LogP contribution in [-0.2, 0) is 21.7 Å². The first-order chi connectivity index (χ1) is 18.1. The van der Waals surface area contributed by atoms with E-state index in [4.69, 9.17) is 19.8 Å². The molecule has 2 aromatic heterocycles. The Morgan fingerprint density at radius 1 is 1.26 bits per heavy atom. The van der Waals surface area contributed by atoms with Crippen molar-refractivity contribution < 1.29 is 19.4 Å². The summed E-state index contributed by atoms with van der Waals surface area (Å²) in [5.41, 5.74) is 2.35. The fourth-order valence-electron chi connectivity index (χ4n) is 4.10. The summed E-state index contributed by atoms with van der Waals surface area (Å²) in [5.74, 6) is -0.368. The van der Waals surface area contributed by atoms with E-state index in [0.29, 0.717) is 47.5 Å². The number of thioether (sulfide) groups is 1. The third-order valence-corrected chi connectivity index (χ3v) is 7.48. The Hall–Kier alpha value is -3.46. The molecular weight excluding hydrogens is 522 g/mol. The normalized spacial score (nSPS) is 15.6. The van der Waals surface area contributed by atoms with E-state index in [1.54, 1.807) is 11.0 Å². The van der Waals surface area contributed by atoms with Crippen LogP contribution in [-0.4, -0.2) is 57.3 Å². The molecule has 11 heteroatoms. The van der Waals surface area contributed by atoms with E-state index in [9.17, 15) is 14.9 Å². The van der Waals surface area contributed by atoms with Gasteiger partial charge in [-0.25, -0.2) is 14.8 Å². The summed E-state index contributed by atoms with van der Waals surface area (Å²) in [7, 11) is 0. The lowest BCUT2D eigenvalue weighted by molar-refractivity contribution is -0.136. The Balaban J connectivity index is 1.71. The zero-order chi connectivity index (χ0) is 27.3. The number of carbonyl (C=O) groups excluding carboxylic acids is 1. The first kappa shape index (κ1) is 27.6. The molecule has 0 radical (unpaired) electrons. The number of benzene rings is 1. The maximum atomic E-state index is 13.1. The van der Waals surface area contributed by atoms with Gasteiger partial charge in [-0.2, -0.15) is 5.26 Å². The number of carbonyl (C=O) groups is 2. The van der Waals surface area contributed by atoms with Crippen molar-refractivity contribution in [1.29, 1.82) is 5.26 Å². The van der Waals surface area contributed by atoms with Gasteiger partial charge in [-0.15, -0.1) is 11.3 Å². The third kappa shape index (κ3) is 6.89. The molecule has 1 fully saturated rings. The molecule has 2 N–H and O–H groups in total. The number of ether oxygens (including phenoxy) is 1. The van der Waals surface area contributed by atoms with Gasteiger partial charge in [0.1, 0.15) is 22.9 Å². The molecule has 1 saturated heterocycles. The molecule has 1 amide bonds. The minimum absolute atomic E-state index is 0.0479. The second-order valence-corrected chi connectivity index (χ2v) is 11.7. The quantitative estimate of drug-likeness (QED) is 0.312. The highest BCUT2D eigenvalue weighted by Gasteiger charge is 2.35. The maximum absolute atomic E-state index is 13.1. The van der Waals surface area contributed by atoms with E-state index in [0.717, 1.165) is 16.0 Å². The molecule has 198 valence electrons. The summed E-state index contributed by atoms with van der Waals surface area (Å²) in [5, 5.41) is 25.0. The fraction of sp³-hybridized carbons (Fsp3) is 0.370. The molecule has 3 aromatic rings. The van der Waals surface area contributed by atoms with Gasteiger partial charge in [0.05, 0.1) is 23.0 Å². The number of carboxylic acids is 1. The maximum Gasteiger partial charge on any atom is 0.410 e. The number of hydrogen-bond acceptors (Lipinski definition) is 9. The van der Waals surface area contributed by atoms with E-state index in [1.165, 1.54) is 23.1 Å². The van der Waals surface area contributed by atoms with Crippen LogP contribution in [0.4, 0.5) is 4.79 Å². The highest BCUT2D eigenvalue weighted by molar-refractivity contribution is 7.98. The fourth-order valence-corrected chi connectivity index (χ4v) is 5.62. The van der Waals surface area contributed by atoms with Gasteiger partial charge in [0.2, 0.25) is 0 Å². The monoisotopic (exact) mass is 551 g/mol. The van der Waals surface area contributed by atoms with Gasteiger partial charge in [0, 0.05) is 25.4 Å². The van der Waals surface area contributed by atoms with E-state index >= 15 is 0 Å². The van der Waals surface area contributed by atoms with Crippen LogP contribution in [0.5, 0.6) is 0 Å². The summed E-state index contributed by atoms with van der Waals surface area (Å²) < 4.78 is 5.67. The number of hydrogen-bond donors (Lipinski definition) is 2. The lowest BCUT2D eigenvalue weighted by atomic mass is 10.0. The zero-order valence-corrected chi connectivity index (χ0v) is 23.1. The molecule has 0 spiro atoms. The molecule has 1 aromatic carbocycles. The standard InChI is InChI=1S/C27H29N5O4S2/c1-27(2,3)36-26(35)32-10-9-29-15-20(32)23-19(14-28)24(21-8-5-11-37-21)31-25(30-23)38-16-18-7-4-6-17(12-18)13-22(33)34/h4-8,11-12,20,29H,9-10,13,15-16H2,1-3H3,(H,33,34). The van der Waals surface area contributed by atoms with Crippen LogP contribution in [0.1, 0.15) is 49.2 Å². The largest absolute Gasteiger partial charge is 0.481 e. The van der Waals surface area contributed by atoms with Crippen LogP contribution in [0.15, 0.2) is 46.9 Å². The average Bonchev–Trinajstić information content (AvgIpc) is 3.41. The molecule has 1 aliphatic heterocycles. The molecule has 0 aliphatic carbocycles. The summed E-state index contributed by atoms with van der Waals surface area (Å²) in [6, 6.07) is 13.0. The van der Waals surface area contributed by atoms with Gasteiger partial charge in [-0.3, -0.25) is 9.69 Å². The Labute approximate surface area is 229 Å². The molecule has 0 bridgehead atoms. The average molecular weight is 552 g/mol. The van der Waals surface area contributed by atoms with Crippen molar-refractivity contribution in [3.63, 3.8) is 0 Å². The molecule has 0 saturated carbocycles. The number of piperazine rings is 1. The smallest absolute Gasteiger partial charge is 0.410 e. The van der Waals surface area contributed by atoms with Crippen molar-refractivity contribution >= 4 is 35.2 Å². The van der Waals surface area contributed by atoms with Crippen molar-refractivity contribution in [3.05, 3.63) is 64.2 Å². The first-order valence-corrected chi connectivity index (χ1v) is 14.0. The lowest BCUT2D eigenvalue weighted by Crippen LogP contribution is -2.50. The van der Waals surface area contributed by atoms with Gasteiger partial charge in [0.25, 0.3) is 0 Å². The Kier molecular flexibility index (Phi) is 8.66. The number of nitrogens with one attached hydrogen (secondary N) is 1. The first-order valence-electron chi connectivity index (χ1n) is 12.1. The van der Waals surface area contributed by atoms with Crippen molar-refractivity contribution in [2.45, 2.75) is 49.7 Å². The Morgan fingerprint density at radius 3 is 2.74 bits per heavy atom. The molecule has 1 unspecified atom stereocenters. The van der Waals surface area contributed by atoms with Crippen molar-refractivity contribution in [2.75, 3.05) is 19.6 Å². The van der Waals surface area contributed by atoms with Crippen LogP contribution < -0.4 is 5.32 Å². The van der Waals surface area contributed by atoms with Gasteiger partial charge >= 0.3 is 12.1 Å². The van der Waals surface area contributed by atoms with E-state index in [2.05, 4.69) is 11.4 Å². The topological polar surface area (TPSA) is 128 Å². The number of aliphatic carboxylic acids is 1. The van der Waals surface area contributed by atoms with Crippen molar-refractivity contribution in [1.82, 2.24) is 20.2 Å². The number of amides is 1. The summed E-state index contributed by atoms with van der Waals surface area (Å²) in [4.78, 5) is 36.3. The SMILES string of the molecule is CC(C)(C)OC(=O)N1CCNCC1c1nc(SCc2cccc(CC(=O)O)c2)nc(-c2cccs2)c1C#N. The third-order valence-electron chi connectivity index (χ3n) is 5.68. The van der Waals surface area contributed by atoms with Gasteiger partial charge in [0.15, 0.2) is 5.16 Å². The van der Waals surface area contributed by atoms with E-state index < -0.39 is 23.7 Å². The zero-order valence-electron chi connectivity index (χ0n) is 21.4. The number of rotatable bonds is 7. The predicted octanol–water partition coefficient (Wildman–Crippen LogP) is 4.88. The molecule has 1 aliphatic rings. The molecule has 4 rings (SSSR count). The highest BCUT2D eigenvalue weighted by Crippen LogP contribution is 2.35. The van der Waals surface area contributed by atoms with Crippen LogP contribution in [0.2, 0.25) is 0 Å². The summed E-state index contributed by atoms with van der Waals surface area (Å²) >= 11 is 2.88. The summed E-state index contributed by atoms with van der Waals surface area (Å²) in [6.45, 7) is 6.92. The molecular formula is C27H29N5O4S2. The lowest BCUT2D eigenvalue weighted by Gasteiger charge is -2.37. The number of thiophene rings is 1. The second kappa shape index (κ2) is 11.9. The predicted molar refractivity (Wildman–Crippen MR) is 146 cm³/mol. The van der Waals surface area contributed by atoms with Crippen molar-refractivity contribution in [3.8, 4) is 16.6 Å². The number of aromatic nitrogens is 2. The van der Waals surface area contributed by atoms with E-state index in [1.807, 2.05) is 56.5 Å². The molecule has 1 atom stereocenters. The van der Waals surface area contributed by atoms with Gasteiger partial charge in [-0.05, 0) is 43.3 Å². The number of carboxylic acid groups (broad SMARTS) is 1. The Bertz CT molecular complexity index is 1350. The molecule has 3 heterocycles. The minimum atomic E-state index is -0.883.